The van der Waals surface area contributed by atoms with E-state index in [0.29, 0.717) is 0 Å². The highest BCUT2D eigenvalue weighted by molar-refractivity contribution is 5.94. The minimum atomic E-state index is -0.575. The number of cyclic esters (lactones) is 1. The molecule has 0 unspecified atom stereocenters. The summed E-state index contributed by atoms with van der Waals surface area (Å²) in [4.78, 5) is 11.4. The Labute approximate surface area is 130 Å². The number of allylic oxidation sites excluding steroid dienone is 1. The Kier molecular flexibility index (Phi) is 3.42. The van der Waals surface area contributed by atoms with Crippen molar-refractivity contribution in [2.75, 3.05) is 0 Å². The number of rotatable bonds is 2. The molecule has 0 amide bonds. The number of benzene rings is 2. The Morgan fingerprint density at radius 3 is 1.70 bits per heavy atom. The maximum Gasteiger partial charge on any atom is 0.336 e. The normalized spacial score (nSPS) is 13.2. The minimum Gasteiger partial charge on any atom is -0.508 e. The fourth-order valence-corrected chi connectivity index (χ4v) is 2.33. The Morgan fingerprint density at radius 1 is 0.783 bits per heavy atom. The first-order valence-corrected chi connectivity index (χ1v) is 6.64. The van der Waals surface area contributed by atoms with Crippen LogP contribution < -0.4 is 0 Å². The molecule has 0 aliphatic carbocycles. The summed E-state index contributed by atoms with van der Waals surface area (Å²) in [6.07, 6.45) is 2.63. The van der Waals surface area contributed by atoms with Gasteiger partial charge in [-0.05, 0) is 30.3 Å². The molecule has 0 spiro atoms. The van der Waals surface area contributed by atoms with E-state index >= 15 is 0 Å². The number of carbonyl (C=O) groups is 1. The zero-order valence-corrected chi connectivity index (χ0v) is 11.7. The second kappa shape index (κ2) is 5.42. The predicted octanol–water partition coefficient (Wildman–Crippen LogP) is 2.38. The van der Waals surface area contributed by atoms with Crippen molar-refractivity contribution >= 4 is 11.5 Å². The van der Waals surface area contributed by atoms with Gasteiger partial charge >= 0.3 is 5.97 Å². The van der Waals surface area contributed by atoms with Crippen LogP contribution in [0.2, 0.25) is 0 Å². The summed E-state index contributed by atoms with van der Waals surface area (Å²) in [5.74, 6) is -1.22. The number of ether oxygens (including phenoxy) is 1. The first-order chi connectivity index (χ1) is 11.0. The second-order valence-corrected chi connectivity index (χ2v) is 4.90. The minimum absolute atomic E-state index is 0.135. The van der Waals surface area contributed by atoms with Gasteiger partial charge in [-0.3, -0.25) is 0 Å². The van der Waals surface area contributed by atoms with Gasteiger partial charge in [0.2, 0.25) is 0 Å². The molecule has 1 aliphatic rings. The number of esters is 1. The van der Waals surface area contributed by atoms with E-state index in [9.17, 15) is 25.2 Å². The Hall–Kier alpha value is -3.41. The van der Waals surface area contributed by atoms with Crippen LogP contribution in [0.4, 0.5) is 0 Å². The van der Waals surface area contributed by atoms with Crippen molar-refractivity contribution in [3.8, 4) is 23.0 Å². The molecule has 2 aromatic rings. The smallest absolute Gasteiger partial charge is 0.336 e. The molecular weight excluding hydrogens is 300 g/mol. The van der Waals surface area contributed by atoms with E-state index in [-0.39, 0.29) is 45.5 Å². The summed E-state index contributed by atoms with van der Waals surface area (Å²) in [6.45, 7) is 0. The predicted molar refractivity (Wildman–Crippen MR) is 80.8 cm³/mol. The van der Waals surface area contributed by atoms with Gasteiger partial charge in [0, 0.05) is 34.9 Å². The maximum absolute atomic E-state index is 11.4. The highest BCUT2D eigenvalue weighted by Gasteiger charge is 2.23. The Morgan fingerprint density at radius 2 is 1.30 bits per heavy atom. The fourth-order valence-electron chi connectivity index (χ4n) is 2.33. The quantitative estimate of drug-likeness (QED) is 0.634. The summed E-state index contributed by atoms with van der Waals surface area (Å²) >= 11 is 0. The SMILES string of the molecule is O=C1C=CC(=C(c2ccc(O)cc2O)c2ccc(O)cc2O)O1. The molecule has 23 heavy (non-hydrogen) atoms. The molecule has 1 aliphatic heterocycles. The topological polar surface area (TPSA) is 107 Å². The number of phenols is 4. The molecule has 6 nitrogen and oxygen atoms in total. The van der Waals surface area contributed by atoms with Crippen molar-refractivity contribution in [3.63, 3.8) is 0 Å². The van der Waals surface area contributed by atoms with E-state index in [1.165, 1.54) is 36.4 Å². The van der Waals surface area contributed by atoms with Gasteiger partial charge in [-0.2, -0.15) is 0 Å². The van der Waals surface area contributed by atoms with Gasteiger partial charge in [-0.25, -0.2) is 4.79 Å². The molecule has 0 fully saturated rings. The number of hydrogen-bond acceptors (Lipinski definition) is 6. The van der Waals surface area contributed by atoms with Crippen molar-refractivity contribution in [2.24, 2.45) is 0 Å². The van der Waals surface area contributed by atoms with Crippen LogP contribution >= 0.6 is 0 Å². The van der Waals surface area contributed by atoms with Crippen molar-refractivity contribution in [1.82, 2.24) is 0 Å². The third kappa shape index (κ3) is 2.69. The molecule has 2 aromatic carbocycles. The molecule has 0 bridgehead atoms. The lowest BCUT2D eigenvalue weighted by molar-refractivity contribution is -0.132. The van der Waals surface area contributed by atoms with Gasteiger partial charge < -0.3 is 25.2 Å². The van der Waals surface area contributed by atoms with Gasteiger partial charge in [0.25, 0.3) is 0 Å². The largest absolute Gasteiger partial charge is 0.508 e. The third-order valence-corrected chi connectivity index (χ3v) is 3.33. The summed E-state index contributed by atoms with van der Waals surface area (Å²) in [6, 6.07) is 7.83. The lowest BCUT2D eigenvalue weighted by Gasteiger charge is -2.14. The van der Waals surface area contributed by atoms with E-state index < -0.39 is 5.97 Å². The molecule has 1 heterocycles. The molecular formula is C17H12O6. The van der Waals surface area contributed by atoms with E-state index in [0.717, 1.165) is 12.1 Å². The van der Waals surface area contributed by atoms with Crippen molar-refractivity contribution < 1.29 is 30.0 Å². The van der Waals surface area contributed by atoms with Gasteiger partial charge in [-0.1, -0.05) is 0 Å². The van der Waals surface area contributed by atoms with Crippen LogP contribution in [0.3, 0.4) is 0 Å². The lowest BCUT2D eigenvalue weighted by atomic mass is 9.94. The summed E-state index contributed by atoms with van der Waals surface area (Å²) in [5, 5.41) is 39.1. The first-order valence-electron chi connectivity index (χ1n) is 6.64. The van der Waals surface area contributed by atoms with E-state index in [4.69, 9.17) is 4.74 Å². The zero-order chi connectivity index (χ0) is 16.6. The summed E-state index contributed by atoms with van der Waals surface area (Å²) in [7, 11) is 0. The molecule has 4 N–H and O–H groups in total. The van der Waals surface area contributed by atoms with Crippen LogP contribution in [-0.4, -0.2) is 26.4 Å². The van der Waals surface area contributed by atoms with Crippen LogP contribution in [0, 0.1) is 0 Å². The van der Waals surface area contributed by atoms with Crippen LogP contribution in [-0.2, 0) is 9.53 Å². The molecule has 0 saturated heterocycles. The summed E-state index contributed by atoms with van der Waals surface area (Å²) in [5.41, 5.74) is 0.748. The number of aromatic hydroxyl groups is 4. The molecule has 3 rings (SSSR count). The van der Waals surface area contributed by atoms with Gasteiger partial charge in [0.05, 0.1) is 0 Å². The van der Waals surface area contributed by atoms with Gasteiger partial charge in [-0.15, -0.1) is 0 Å². The van der Waals surface area contributed by atoms with Crippen LogP contribution in [0.25, 0.3) is 5.57 Å². The van der Waals surface area contributed by atoms with E-state index in [1.807, 2.05) is 0 Å². The van der Waals surface area contributed by atoms with Crippen LogP contribution in [0.5, 0.6) is 23.0 Å². The maximum atomic E-state index is 11.4. The highest BCUT2D eigenvalue weighted by atomic mass is 16.5. The molecule has 6 heteroatoms. The zero-order valence-electron chi connectivity index (χ0n) is 11.7. The van der Waals surface area contributed by atoms with Gasteiger partial charge in [0.15, 0.2) is 0 Å². The monoisotopic (exact) mass is 312 g/mol. The van der Waals surface area contributed by atoms with Crippen LogP contribution in [0.1, 0.15) is 11.1 Å². The average molecular weight is 312 g/mol. The third-order valence-electron chi connectivity index (χ3n) is 3.33. The molecule has 116 valence electrons. The number of carbonyl (C=O) groups excluding carboxylic acids is 1. The van der Waals surface area contributed by atoms with E-state index in [2.05, 4.69) is 0 Å². The van der Waals surface area contributed by atoms with Crippen molar-refractivity contribution in [2.45, 2.75) is 0 Å². The molecule has 0 aromatic heterocycles. The molecule has 0 saturated carbocycles. The average Bonchev–Trinajstić information content (AvgIpc) is 2.90. The number of phenolic OH excluding ortho intramolecular Hbond substituents is 4. The van der Waals surface area contributed by atoms with Crippen molar-refractivity contribution in [3.05, 3.63) is 65.4 Å². The highest BCUT2D eigenvalue weighted by Crippen LogP contribution is 2.40. The first kappa shape index (κ1) is 14.5. The molecule has 0 radical (unpaired) electrons. The summed E-state index contributed by atoms with van der Waals surface area (Å²) < 4.78 is 5.09. The lowest BCUT2D eigenvalue weighted by Crippen LogP contribution is -1.98. The molecule has 0 atom stereocenters. The fraction of sp³-hybridized carbons (Fsp3) is 0. The van der Waals surface area contributed by atoms with Crippen LogP contribution in [0.15, 0.2) is 54.3 Å². The Bertz CT molecular complexity index is 810. The Balaban J connectivity index is 2.27. The number of hydrogen-bond donors (Lipinski definition) is 4. The second-order valence-electron chi connectivity index (χ2n) is 4.90. The van der Waals surface area contributed by atoms with Gasteiger partial charge in [0.1, 0.15) is 28.8 Å². The standard InChI is InChI=1S/C17H12O6/c18-9-1-3-11(13(20)7-9)17(15-5-6-16(22)23-15)12-4-2-10(19)8-14(12)21/h1-8,18-21H. The van der Waals surface area contributed by atoms with Crippen molar-refractivity contribution in [1.29, 1.82) is 0 Å². The van der Waals surface area contributed by atoms with E-state index in [1.54, 1.807) is 0 Å².